The van der Waals surface area contributed by atoms with Gasteiger partial charge < -0.3 is 4.74 Å². The van der Waals surface area contributed by atoms with E-state index in [0.717, 1.165) is 56.8 Å². The number of allylic oxidation sites excluding steroid dienone is 2. The van der Waals surface area contributed by atoms with E-state index in [-0.39, 0.29) is 29.4 Å². The lowest BCUT2D eigenvalue weighted by atomic mass is 9.68. The van der Waals surface area contributed by atoms with E-state index >= 15 is 8.78 Å². The number of ether oxygens (including phenoxy) is 1. The van der Waals surface area contributed by atoms with Gasteiger partial charge in [0.2, 0.25) is 5.82 Å². The zero-order valence-corrected chi connectivity index (χ0v) is 23.6. The smallest absolute Gasteiger partial charge is 0.201 e. The Balaban J connectivity index is 1.36. The first-order valence-electron chi connectivity index (χ1n) is 15.1. The Morgan fingerprint density at radius 1 is 0.744 bits per heavy atom. The Labute approximate surface area is 232 Å². The Morgan fingerprint density at radius 3 is 2.00 bits per heavy atom. The average Bonchev–Trinajstić information content (AvgIpc) is 2.96. The summed E-state index contributed by atoms with van der Waals surface area (Å²) in [7, 11) is 0. The molecule has 2 aliphatic rings. The summed E-state index contributed by atoms with van der Waals surface area (Å²) < 4.78 is 65.3. The average molecular weight is 545 g/mol. The SMILES string of the molecule is C/C=C/CCC1CCC(C2CCC(c3ccc(-c4ccc(OCCCCC)c(F)c4F)c(F)c3F)CC2)CC1. The molecule has 2 aliphatic carbocycles. The Morgan fingerprint density at radius 2 is 1.36 bits per heavy atom. The second kappa shape index (κ2) is 14.4. The minimum atomic E-state index is -1.22. The largest absolute Gasteiger partial charge is 0.490 e. The van der Waals surface area contributed by atoms with Crippen LogP contribution in [-0.2, 0) is 0 Å². The first-order chi connectivity index (χ1) is 18.9. The van der Waals surface area contributed by atoms with Crippen molar-refractivity contribution in [1.82, 2.24) is 0 Å². The lowest BCUT2D eigenvalue weighted by Gasteiger charge is -2.38. The quantitative estimate of drug-likeness (QED) is 0.155. The summed E-state index contributed by atoms with van der Waals surface area (Å²) in [5.41, 5.74) is -0.189. The summed E-state index contributed by atoms with van der Waals surface area (Å²) >= 11 is 0. The van der Waals surface area contributed by atoms with Gasteiger partial charge in [-0.05, 0) is 106 Å². The van der Waals surface area contributed by atoms with Crippen LogP contribution in [-0.4, -0.2) is 6.61 Å². The van der Waals surface area contributed by atoms with Crippen LogP contribution in [0, 0.1) is 41.0 Å². The molecule has 0 spiro atoms. The van der Waals surface area contributed by atoms with Gasteiger partial charge in [-0.2, -0.15) is 4.39 Å². The van der Waals surface area contributed by atoms with Crippen LogP contribution in [0.3, 0.4) is 0 Å². The number of rotatable bonds is 11. The molecule has 0 aliphatic heterocycles. The van der Waals surface area contributed by atoms with Crippen molar-refractivity contribution < 1.29 is 22.3 Å². The van der Waals surface area contributed by atoms with Crippen LogP contribution in [0.1, 0.15) is 109 Å². The summed E-state index contributed by atoms with van der Waals surface area (Å²) in [6.45, 7) is 4.40. The van der Waals surface area contributed by atoms with Crippen LogP contribution in [0.15, 0.2) is 36.4 Å². The van der Waals surface area contributed by atoms with Gasteiger partial charge in [-0.1, -0.05) is 56.9 Å². The summed E-state index contributed by atoms with van der Waals surface area (Å²) in [5.74, 6) is -2.40. The van der Waals surface area contributed by atoms with E-state index in [4.69, 9.17) is 4.74 Å². The van der Waals surface area contributed by atoms with Crippen molar-refractivity contribution in [1.29, 1.82) is 0 Å². The molecule has 0 heterocycles. The van der Waals surface area contributed by atoms with Crippen molar-refractivity contribution in [3.8, 4) is 16.9 Å². The molecule has 2 fully saturated rings. The third kappa shape index (κ3) is 7.27. The summed E-state index contributed by atoms with van der Waals surface area (Å²) in [6.07, 6.45) is 18.5. The maximum absolute atomic E-state index is 15.3. The number of halogens is 4. The molecule has 0 aromatic heterocycles. The minimum absolute atomic E-state index is 0.0394. The molecule has 0 atom stereocenters. The molecular formula is C34H44F4O. The van der Waals surface area contributed by atoms with Gasteiger partial charge in [-0.15, -0.1) is 0 Å². The predicted molar refractivity (Wildman–Crippen MR) is 151 cm³/mol. The lowest BCUT2D eigenvalue weighted by molar-refractivity contribution is 0.156. The van der Waals surface area contributed by atoms with Gasteiger partial charge in [-0.25, -0.2) is 13.2 Å². The third-order valence-corrected chi connectivity index (χ3v) is 9.20. The number of unbranched alkanes of at least 4 members (excludes halogenated alkanes) is 2. The molecular weight excluding hydrogens is 500 g/mol. The molecule has 2 aromatic rings. The molecule has 0 saturated heterocycles. The first kappa shape index (κ1) is 29.7. The van der Waals surface area contributed by atoms with Crippen LogP contribution in [0.25, 0.3) is 11.1 Å². The topological polar surface area (TPSA) is 9.23 Å². The maximum Gasteiger partial charge on any atom is 0.201 e. The fourth-order valence-corrected chi connectivity index (χ4v) is 6.82. The molecule has 214 valence electrons. The van der Waals surface area contributed by atoms with Crippen LogP contribution in [0.2, 0.25) is 0 Å². The van der Waals surface area contributed by atoms with Crippen molar-refractivity contribution in [2.45, 2.75) is 103 Å². The number of benzene rings is 2. The molecule has 0 unspecified atom stereocenters. The van der Waals surface area contributed by atoms with Crippen molar-refractivity contribution in [2.75, 3.05) is 6.61 Å². The van der Waals surface area contributed by atoms with E-state index in [9.17, 15) is 8.78 Å². The molecule has 0 bridgehead atoms. The van der Waals surface area contributed by atoms with Gasteiger partial charge in [0.15, 0.2) is 23.2 Å². The molecule has 0 N–H and O–H groups in total. The summed E-state index contributed by atoms with van der Waals surface area (Å²) in [4.78, 5) is 0. The fraction of sp³-hybridized carbons (Fsp3) is 0.588. The molecule has 1 nitrogen and oxygen atoms in total. The van der Waals surface area contributed by atoms with Gasteiger partial charge in [0, 0.05) is 11.1 Å². The Bertz CT molecular complexity index is 1090. The molecule has 0 amide bonds. The minimum Gasteiger partial charge on any atom is -0.490 e. The molecule has 2 aromatic carbocycles. The van der Waals surface area contributed by atoms with Crippen molar-refractivity contribution in [2.24, 2.45) is 17.8 Å². The van der Waals surface area contributed by atoms with E-state index in [2.05, 4.69) is 19.1 Å². The Kier molecular flexibility index (Phi) is 10.9. The standard InChI is InChI=1S/C34H44F4O/c1-3-5-7-9-23-10-12-24(13-11-23)25-14-16-26(17-15-25)27-18-19-28(32(36)31(27)35)29-20-21-30(34(38)33(29)37)39-22-8-6-4-2/h3,5,18-21,23-26H,4,6-17,22H2,1-2H3/b5-3+. The van der Waals surface area contributed by atoms with Gasteiger partial charge in [0.05, 0.1) is 6.61 Å². The summed E-state index contributed by atoms with van der Waals surface area (Å²) in [6, 6.07) is 5.53. The van der Waals surface area contributed by atoms with Crippen LogP contribution in [0.4, 0.5) is 17.6 Å². The van der Waals surface area contributed by atoms with Gasteiger partial charge in [-0.3, -0.25) is 0 Å². The highest BCUT2D eigenvalue weighted by Crippen LogP contribution is 2.45. The highest BCUT2D eigenvalue weighted by Gasteiger charge is 2.33. The third-order valence-electron chi connectivity index (χ3n) is 9.20. The lowest BCUT2D eigenvalue weighted by Crippen LogP contribution is -2.25. The highest BCUT2D eigenvalue weighted by atomic mass is 19.2. The van der Waals surface area contributed by atoms with E-state index in [1.165, 1.54) is 56.7 Å². The second-order valence-corrected chi connectivity index (χ2v) is 11.7. The predicted octanol–water partition coefficient (Wildman–Crippen LogP) is 10.9. The van der Waals surface area contributed by atoms with Crippen molar-refractivity contribution >= 4 is 0 Å². The first-order valence-corrected chi connectivity index (χ1v) is 15.1. The van der Waals surface area contributed by atoms with E-state index in [1.807, 2.05) is 6.92 Å². The van der Waals surface area contributed by atoms with Gasteiger partial charge in [0.1, 0.15) is 0 Å². The summed E-state index contributed by atoms with van der Waals surface area (Å²) in [5, 5.41) is 0. The molecule has 0 radical (unpaired) electrons. The molecule has 39 heavy (non-hydrogen) atoms. The van der Waals surface area contributed by atoms with Crippen LogP contribution >= 0.6 is 0 Å². The fourth-order valence-electron chi connectivity index (χ4n) is 6.82. The van der Waals surface area contributed by atoms with Gasteiger partial charge >= 0.3 is 0 Å². The normalized spacial score (nSPS) is 23.8. The number of hydrogen-bond acceptors (Lipinski definition) is 1. The van der Waals surface area contributed by atoms with Crippen molar-refractivity contribution in [3.63, 3.8) is 0 Å². The van der Waals surface area contributed by atoms with E-state index < -0.39 is 23.3 Å². The second-order valence-electron chi connectivity index (χ2n) is 11.7. The number of hydrogen-bond donors (Lipinski definition) is 0. The van der Waals surface area contributed by atoms with E-state index in [0.29, 0.717) is 11.5 Å². The van der Waals surface area contributed by atoms with Crippen LogP contribution < -0.4 is 4.74 Å². The monoisotopic (exact) mass is 544 g/mol. The molecule has 2 saturated carbocycles. The van der Waals surface area contributed by atoms with Gasteiger partial charge in [0.25, 0.3) is 0 Å². The van der Waals surface area contributed by atoms with Crippen LogP contribution in [0.5, 0.6) is 5.75 Å². The zero-order chi connectivity index (χ0) is 27.8. The van der Waals surface area contributed by atoms with Crippen molar-refractivity contribution in [3.05, 3.63) is 65.2 Å². The molecule has 4 rings (SSSR count). The van der Waals surface area contributed by atoms with E-state index in [1.54, 1.807) is 6.07 Å². The highest BCUT2D eigenvalue weighted by molar-refractivity contribution is 5.66. The maximum atomic E-state index is 15.3. The zero-order valence-electron chi connectivity index (χ0n) is 23.6. The molecule has 5 heteroatoms. The Hall–Kier alpha value is -2.30.